The third-order valence-corrected chi connectivity index (χ3v) is 10.5. The first-order valence-electron chi connectivity index (χ1n) is 14.6. The van der Waals surface area contributed by atoms with E-state index >= 15 is 0 Å². The number of nitrogens with zero attached hydrogens (tertiary/aromatic N) is 4. The largest absolute Gasteiger partial charge is 1.00 e. The Kier molecular flexibility index (Phi) is 12.4. The minimum atomic E-state index is -0.892. The second kappa shape index (κ2) is 15.9. The molecule has 1 saturated heterocycles. The number of aliphatic hydroxyl groups excluding tert-OH is 2. The molecule has 3 aliphatic rings. The number of aliphatic hydroxyl groups is 2. The Labute approximate surface area is 297 Å². The maximum absolute atomic E-state index is 13.7. The number of likely N-dealkylation sites (N-methyl/N-ethyl adjacent to an activating group) is 1. The van der Waals surface area contributed by atoms with Crippen LogP contribution in [0.1, 0.15) is 17.8 Å². The van der Waals surface area contributed by atoms with Crippen LogP contribution in [-0.4, -0.2) is 118 Å². The van der Waals surface area contributed by atoms with Crippen molar-refractivity contribution in [1.29, 1.82) is 0 Å². The molecule has 17 heteroatoms. The summed E-state index contributed by atoms with van der Waals surface area (Å²) < 4.78 is 15.4. The number of nitrogens with one attached hydrogen (secondary N) is 1. The van der Waals surface area contributed by atoms with Crippen molar-refractivity contribution in [3.63, 3.8) is 0 Å². The molecular formula is C30H37IN6O8S2. The molecule has 1 aliphatic carbocycles. The van der Waals surface area contributed by atoms with E-state index in [0.29, 0.717) is 41.1 Å². The van der Waals surface area contributed by atoms with E-state index in [1.165, 1.54) is 18.9 Å². The van der Waals surface area contributed by atoms with Gasteiger partial charge in [0.15, 0.2) is 10.9 Å². The second-order valence-electron chi connectivity index (χ2n) is 11.5. The molecule has 5 N–H and O–H groups in total. The van der Waals surface area contributed by atoms with Crippen LogP contribution in [0, 0.1) is 5.92 Å². The van der Waals surface area contributed by atoms with Crippen LogP contribution in [0.25, 0.3) is 0 Å². The van der Waals surface area contributed by atoms with Crippen molar-refractivity contribution in [1.82, 2.24) is 14.7 Å². The first kappa shape index (κ1) is 36.7. The summed E-state index contributed by atoms with van der Waals surface area (Å²) in [5.74, 6) is -1.42. The van der Waals surface area contributed by atoms with Crippen molar-refractivity contribution >= 4 is 51.8 Å². The van der Waals surface area contributed by atoms with Gasteiger partial charge < -0.3 is 64.0 Å². The van der Waals surface area contributed by atoms with E-state index in [9.17, 15) is 24.6 Å². The number of anilines is 1. The number of allylic oxidation sites excluding steroid dienone is 1. The molecule has 3 heterocycles. The number of thioether (sulfide) groups is 1. The summed E-state index contributed by atoms with van der Waals surface area (Å²) >= 11 is 2.35. The fourth-order valence-corrected chi connectivity index (χ4v) is 7.99. The molecule has 5 rings (SSSR count). The SMILES string of the molecule is CO/N=C(\C(=O)N[C@@H]1C(=O)C2C(C(=O)OCc3ccc(OC)cc3)=C(/C=C/C[N+]3(C)C[C@H](O)C[C@H]3CO)CS[C@@H]21)c1nsc(N)n1.[I-]. The van der Waals surface area contributed by atoms with Crippen molar-refractivity contribution in [2.45, 2.75) is 36.5 Å². The molecule has 0 bridgehead atoms. The number of ether oxygens (including phenoxy) is 2. The number of amides is 1. The fraction of sp³-hybridized carbons (Fsp3) is 0.467. The highest BCUT2D eigenvalue weighted by Gasteiger charge is 2.56. The highest BCUT2D eigenvalue weighted by Crippen LogP contribution is 2.46. The van der Waals surface area contributed by atoms with E-state index in [2.05, 4.69) is 19.8 Å². The number of esters is 1. The van der Waals surface area contributed by atoms with Gasteiger partial charge in [-0.2, -0.15) is 21.1 Å². The van der Waals surface area contributed by atoms with Crippen LogP contribution >= 0.6 is 23.3 Å². The number of Topliss-reactive ketones (excluding diaryl/α,β-unsaturated/α-hetero) is 1. The second-order valence-corrected chi connectivity index (χ2v) is 13.5. The van der Waals surface area contributed by atoms with Gasteiger partial charge in [0.25, 0.3) is 5.91 Å². The average Bonchev–Trinajstić information content (AvgIpc) is 3.61. The smallest absolute Gasteiger partial charge is 0.335 e. The number of ketones is 1. The molecule has 1 aromatic carbocycles. The van der Waals surface area contributed by atoms with E-state index in [1.807, 2.05) is 19.2 Å². The van der Waals surface area contributed by atoms with Gasteiger partial charge in [-0.1, -0.05) is 23.4 Å². The normalized spacial score (nSPS) is 27.1. The van der Waals surface area contributed by atoms with Gasteiger partial charge in [0.2, 0.25) is 11.5 Å². The third-order valence-electron chi connectivity index (χ3n) is 8.55. The maximum Gasteiger partial charge on any atom is 0.335 e. The molecule has 6 atom stereocenters. The summed E-state index contributed by atoms with van der Waals surface area (Å²) in [5, 5.41) is 26.2. The number of carbonyl (C=O) groups is 3. The summed E-state index contributed by atoms with van der Waals surface area (Å²) in [6.07, 6.45) is 3.76. The van der Waals surface area contributed by atoms with E-state index < -0.39 is 35.2 Å². The molecular weight excluding hydrogens is 763 g/mol. The number of hydrogen-bond donors (Lipinski definition) is 4. The average molecular weight is 801 g/mol. The molecule has 14 nitrogen and oxygen atoms in total. The number of aromatic nitrogens is 2. The molecule has 1 amide bonds. The number of hydrogen-bond acceptors (Lipinski definition) is 14. The van der Waals surface area contributed by atoms with Crippen LogP contribution in [-0.2, 0) is 30.6 Å². The summed E-state index contributed by atoms with van der Waals surface area (Å²) in [6.45, 7) is 0.967. The Morgan fingerprint density at radius 3 is 2.64 bits per heavy atom. The van der Waals surface area contributed by atoms with Crippen molar-refractivity contribution < 1.29 is 67.4 Å². The maximum atomic E-state index is 13.7. The van der Waals surface area contributed by atoms with Gasteiger partial charge in [-0.3, -0.25) is 9.59 Å². The number of likely N-dealkylation sites (tertiary alicyclic amines) is 1. The van der Waals surface area contributed by atoms with E-state index in [4.69, 9.17) is 20.0 Å². The number of methoxy groups -OCH3 is 1. The van der Waals surface area contributed by atoms with Crippen molar-refractivity contribution in [2.24, 2.45) is 11.1 Å². The molecule has 2 aromatic rings. The molecule has 0 spiro atoms. The number of rotatable bonds is 12. The Hall–Kier alpha value is -3.10. The molecule has 47 heavy (non-hydrogen) atoms. The zero-order valence-electron chi connectivity index (χ0n) is 26.0. The van der Waals surface area contributed by atoms with Crippen LogP contribution in [0.3, 0.4) is 0 Å². The zero-order valence-corrected chi connectivity index (χ0v) is 29.8. The van der Waals surface area contributed by atoms with Gasteiger partial charge >= 0.3 is 5.97 Å². The summed E-state index contributed by atoms with van der Waals surface area (Å²) in [7, 11) is 4.81. The predicted molar refractivity (Wildman–Crippen MR) is 171 cm³/mol. The van der Waals surface area contributed by atoms with Gasteiger partial charge in [0, 0.05) is 29.0 Å². The number of quaternary nitrogens is 1. The Morgan fingerprint density at radius 1 is 1.26 bits per heavy atom. The fourth-order valence-electron chi connectivity index (χ4n) is 6.07. The number of carbonyl (C=O) groups excluding carboxylic acids is 3. The molecule has 1 saturated carbocycles. The summed E-state index contributed by atoms with van der Waals surface area (Å²) in [4.78, 5) is 49.2. The Balaban J connectivity index is 0.00000500. The van der Waals surface area contributed by atoms with Crippen LogP contribution < -0.4 is 39.8 Å². The van der Waals surface area contributed by atoms with Crippen LogP contribution in [0.5, 0.6) is 5.75 Å². The zero-order chi connectivity index (χ0) is 33.0. The first-order valence-corrected chi connectivity index (χ1v) is 16.4. The van der Waals surface area contributed by atoms with Crippen molar-refractivity contribution in [3.05, 3.63) is 59.0 Å². The minimum Gasteiger partial charge on any atom is -1.00 e. The Bertz CT molecular complexity index is 1570. The van der Waals surface area contributed by atoms with E-state index in [1.54, 1.807) is 31.4 Å². The lowest BCUT2D eigenvalue weighted by Crippen LogP contribution is -3.00. The molecule has 1 aromatic heterocycles. The van der Waals surface area contributed by atoms with Crippen LogP contribution in [0.4, 0.5) is 5.13 Å². The van der Waals surface area contributed by atoms with E-state index in [-0.39, 0.29) is 71.3 Å². The topological polar surface area (TPSA) is 196 Å². The number of halogens is 1. The quantitative estimate of drug-likeness (QED) is 0.0579. The lowest BCUT2D eigenvalue weighted by Gasteiger charge is -2.46. The lowest BCUT2D eigenvalue weighted by atomic mass is 9.71. The number of nitrogen functional groups attached to an aromatic ring is 1. The van der Waals surface area contributed by atoms with Gasteiger partial charge in [0.1, 0.15) is 44.2 Å². The number of oxime groups is 1. The standard InChI is InChI=1S/C30H36N6O8S2.HI/c1-36(12-19(38)11-18(36)13-37)10-4-5-17-15-45-26-22(21(17)29(41)44-14-16-6-8-20(42-2)9-7-16)25(39)23(26)32-28(40)24(34-43-3)27-33-30(31)46-35-27;/h4-9,18-19,22-23,26,37-38H,10-15H2,1-3H3,(H2-,31,32,33,35,40);1H/b5-4+,34-24-;/t18-,19+,22?,23+,26-,36?;/m0./s1. The molecule has 2 fully saturated rings. The highest BCUT2D eigenvalue weighted by molar-refractivity contribution is 8.00. The van der Waals surface area contributed by atoms with Crippen LogP contribution in [0.15, 0.2) is 52.7 Å². The summed E-state index contributed by atoms with van der Waals surface area (Å²) in [5.41, 5.74) is 7.10. The van der Waals surface area contributed by atoms with Crippen molar-refractivity contribution in [2.75, 3.05) is 52.5 Å². The van der Waals surface area contributed by atoms with Gasteiger partial charge in [0.05, 0.1) is 38.8 Å². The number of nitrogens with two attached hydrogens (primary N) is 1. The van der Waals surface area contributed by atoms with E-state index in [0.717, 1.165) is 17.1 Å². The predicted octanol–water partition coefficient (Wildman–Crippen LogP) is -2.55. The molecule has 254 valence electrons. The van der Waals surface area contributed by atoms with Crippen molar-refractivity contribution in [3.8, 4) is 5.75 Å². The summed E-state index contributed by atoms with van der Waals surface area (Å²) in [6, 6.07) is 6.11. The van der Waals surface area contributed by atoms with Crippen LogP contribution in [0.2, 0.25) is 0 Å². The first-order chi connectivity index (χ1) is 22.1. The molecule has 2 unspecified atom stereocenters. The number of benzene rings is 1. The van der Waals surface area contributed by atoms with Gasteiger partial charge in [-0.15, -0.1) is 0 Å². The monoisotopic (exact) mass is 800 g/mol. The lowest BCUT2D eigenvalue weighted by molar-refractivity contribution is -0.917. The highest BCUT2D eigenvalue weighted by atomic mass is 127. The minimum absolute atomic E-state index is 0. The third kappa shape index (κ3) is 7.97. The Morgan fingerprint density at radius 2 is 2.00 bits per heavy atom. The number of fused-ring (bicyclic) bond motifs is 1. The van der Waals surface area contributed by atoms with Gasteiger partial charge in [-0.05, 0) is 29.3 Å². The molecule has 0 radical (unpaired) electrons. The molecule has 2 aliphatic heterocycles. The van der Waals surface area contributed by atoms with Gasteiger partial charge in [-0.25, -0.2) is 4.79 Å².